The molecule has 0 radical (unpaired) electrons. The van der Waals surface area contributed by atoms with Gasteiger partial charge in [0.2, 0.25) is 0 Å². The molecule has 2 aliphatic heterocycles. The molecule has 2 aliphatic rings. The molecular formula is C12H23F3N4. The Labute approximate surface area is 112 Å². The molecule has 2 fully saturated rings. The van der Waals surface area contributed by atoms with Gasteiger partial charge in [-0.15, -0.1) is 0 Å². The first kappa shape index (κ1) is 15.0. The van der Waals surface area contributed by atoms with Gasteiger partial charge in [0.25, 0.3) is 0 Å². The molecule has 0 unspecified atom stereocenters. The Morgan fingerprint density at radius 2 is 1.21 bits per heavy atom. The van der Waals surface area contributed by atoms with Crippen molar-refractivity contribution >= 4 is 0 Å². The van der Waals surface area contributed by atoms with Crippen LogP contribution in [0.3, 0.4) is 0 Å². The molecule has 2 heterocycles. The number of nitrogens with zero attached hydrogens (tertiary/aromatic N) is 3. The Kier molecular flexibility index (Phi) is 5.44. The highest BCUT2D eigenvalue weighted by Crippen LogP contribution is 2.17. The maximum Gasteiger partial charge on any atom is 0.401 e. The largest absolute Gasteiger partial charge is 0.401 e. The van der Waals surface area contributed by atoms with Gasteiger partial charge < -0.3 is 5.32 Å². The van der Waals surface area contributed by atoms with E-state index in [-0.39, 0.29) is 0 Å². The van der Waals surface area contributed by atoms with Gasteiger partial charge in [-0.2, -0.15) is 13.2 Å². The molecule has 2 rings (SSSR count). The predicted octanol–water partition coefficient (Wildman–Crippen LogP) is 0.0715. The van der Waals surface area contributed by atoms with Gasteiger partial charge in [0.15, 0.2) is 0 Å². The van der Waals surface area contributed by atoms with E-state index in [1.807, 2.05) is 0 Å². The third-order valence-electron chi connectivity index (χ3n) is 3.81. The normalized spacial score (nSPS) is 24.8. The van der Waals surface area contributed by atoms with E-state index in [1.165, 1.54) is 4.90 Å². The smallest absolute Gasteiger partial charge is 0.314 e. The van der Waals surface area contributed by atoms with Crippen molar-refractivity contribution in [1.82, 2.24) is 20.0 Å². The fourth-order valence-corrected chi connectivity index (χ4v) is 2.64. The summed E-state index contributed by atoms with van der Waals surface area (Å²) < 4.78 is 36.8. The molecule has 0 atom stereocenters. The summed E-state index contributed by atoms with van der Waals surface area (Å²) in [5.74, 6) is 0. The van der Waals surface area contributed by atoms with Gasteiger partial charge in [0, 0.05) is 65.4 Å². The maximum atomic E-state index is 12.3. The van der Waals surface area contributed by atoms with Crippen molar-refractivity contribution in [3.63, 3.8) is 0 Å². The minimum atomic E-state index is -4.07. The highest BCUT2D eigenvalue weighted by Gasteiger charge is 2.32. The summed E-state index contributed by atoms with van der Waals surface area (Å²) in [6.07, 6.45) is -4.07. The topological polar surface area (TPSA) is 21.8 Å². The number of nitrogens with one attached hydrogen (secondary N) is 1. The van der Waals surface area contributed by atoms with Crippen molar-refractivity contribution in [3.8, 4) is 0 Å². The Bertz CT molecular complexity index is 258. The Morgan fingerprint density at radius 1 is 0.737 bits per heavy atom. The number of piperazine rings is 2. The number of rotatable bonds is 4. The molecule has 0 aliphatic carbocycles. The summed E-state index contributed by atoms with van der Waals surface area (Å²) in [6.45, 7) is 8.03. The lowest BCUT2D eigenvalue weighted by molar-refractivity contribution is -0.149. The highest BCUT2D eigenvalue weighted by atomic mass is 19.4. The maximum absolute atomic E-state index is 12.3. The Hall–Kier alpha value is -0.370. The molecule has 0 aromatic rings. The molecule has 7 heteroatoms. The van der Waals surface area contributed by atoms with Crippen LogP contribution in [0.2, 0.25) is 0 Å². The number of halogens is 3. The summed E-state index contributed by atoms with van der Waals surface area (Å²) >= 11 is 0. The fourth-order valence-electron chi connectivity index (χ4n) is 2.64. The van der Waals surface area contributed by atoms with Crippen LogP contribution in [0.4, 0.5) is 13.2 Å². The van der Waals surface area contributed by atoms with Crippen LogP contribution in [0.1, 0.15) is 0 Å². The molecule has 0 saturated carbocycles. The lowest BCUT2D eigenvalue weighted by Crippen LogP contribution is -2.52. The van der Waals surface area contributed by atoms with E-state index >= 15 is 0 Å². The zero-order chi connectivity index (χ0) is 13.7. The minimum Gasteiger partial charge on any atom is -0.314 e. The molecule has 2 saturated heterocycles. The first-order valence-electron chi connectivity index (χ1n) is 6.97. The zero-order valence-electron chi connectivity index (χ0n) is 11.3. The first-order chi connectivity index (χ1) is 9.03. The summed E-state index contributed by atoms with van der Waals surface area (Å²) in [4.78, 5) is 6.19. The second-order valence-corrected chi connectivity index (χ2v) is 5.32. The van der Waals surface area contributed by atoms with E-state index in [9.17, 15) is 13.2 Å². The van der Waals surface area contributed by atoms with E-state index in [0.717, 1.165) is 52.4 Å². The second kappa shape index (κ2) is 6.88. The van der Waals surface area contributed by atoms with Crippen molar-refractivity contribution in [2.24, 2.45) is 0 Å². The van der Waals surface area contributed by atoms with E-state index < -0.39 is 12.7 Å². The molecule has 19 heavy (non-hydrogen) atoms. The molecule has 0 amide bonds. The van der Waals surface area contributed by atoms with E-state index in [1.54, 1.807) is 0 Å². The van der Waals surface area contributed by atoms with Gasteiger partial charge in [-0.05, 0) is 0 Å². The molecule has 0 bridgehead atoms. The van der Waals surface area contributed by atoms with Crippen molar-refractivity contribution < 1.29 is 13.2 Å². The summed E-state index contributed by atoms with van der Waals surface area (Å²) in [5, 5.41) is 3.31. The van der Waals surface area contributed by atoms with Crippen LogP contribution in [0.25, 0.3) is 0 Å². The minimum absolute atomic E-state index is 0.529. The van der Waals surface area contributed by atoms with Crippen LogP contribution in [-0.2, 0) is 0 Å². The summed E-state index contributed by atoms with van der Waals surface area (Å²) in [5.41, 5.74) is 0. The van der Waals surface area contributed by atoms with Gasteiger partial charge in [-0.3, -0.25) is 14.7 Å². The van der Waals surface area contributed by atoms with E-state index in [0.29, 0.717) is 13.1 Å². The van der Waals surface area contributed by atoms with Crippen LogP contribution in [0, 0.1) is 0 Å². The summed E-state index contributed by atoms with van der Waals surface area (Å²) in [7, 11) is 0. The third kappa shape index (κ3) is 5.64. The Balaban J connectivity index is 1.60. The van der Waals surface area contributed by atoms with Crippen molar-refractivity contribution in [2.45, 2.75) is 6.18 Å². The van der Waals surface area contributed by atoms with Crippen molar-refractivity contribution in [2.75, 3.05) is 72.0 Å². The van der Waals surface area contributed by atoms with Crippen LogP contribution >= 0.6 is 0 Å². The predicted molar refractivity (Wildman–Crippen MR) is 68.2 cm³/mol. The first-order valence-corrected chi connectivity index (χ1v) is 6.97. The van der Waals surface area contributed by atoms with Crippen LogP contribution in [0.15, 0.2) is 0 Å². The van der Waals surface area contributed by atoms with Gasteiger partial charge in [0.1, 0.15) is 0 Å². The third-order valence-corrected chi connectivity index (χ3v) is 3.81. The molecular weight excluding hydrogens is 257 g/mol. The molecule has 1 N–H and O–H groups in total. The lowest BCUT2D eigenvalue weighted by atomic mass is 10.3. The molecule has 0 spiro atoms. The van der Waals surface area contributed by atoms with Gasteiger partial charge in [-0.25, -0.2) is 0 Å². The van der Waals surface area contributed by atoms with Gasteiger partial charge >= 0.3 is 6.18 Å². The van der Waals surface area contributed by atoms with Crippen LogP contribution in [0.5, 0.6) is 0 Å². The zero-order valence-corrected chi connectivity index (χ0v) is 11.3. The number of hydrogen-bond donors (Lipinski definition) is 1. The van der Waals surface area contributed by atoms with Crippen molar-refractivity contribution in [3.05, 3.63) is 0 Å². The second-order valence-electron chi connectivity index (χ2n) is 5.32. The van der Waals surface area contributed by atoms with Gasteiger partial charge in [0.05, 0.1) is 6.54 Å². The molecule has 112 valence electrons. The Morgan fingerprint density at radius 3 is 1.74 bits per heavy atom. The number of alkyl halides is 3. The fraction of sp³-hybridized carbons (Fsp3) is 1.00. The monoisotopic (exact) mass is 280 g/mol. The number of hydrogen-bond acceptors (Lipinski definition) is 4. The molecule has 0 aromatic carbocycles. The molecule has 4 nitrogen and oxygen atoms in total. The van der Waals surface area contributed by atoms with E-state index in [2.05, 4.69) is 15.1 Å². The molecule has 0 aromatic heterocycles. The van der Waals surface area contributed by atoms with Gasteiger partial charge in [-0.1, -0.05) is 0 Å². The lowest BCUT2D eigenvalue weighted by Gasteiger charge is -2.36. The van der Waals surface area contributed by atoms with E-state index in [4.69, 9.17) is 0 Å². The average Bonchev–Trinajstić information content (AvgIpc) is 2.37. The average molecular weight is 280 g/mol. The van der Waals surface area contributed by atoms with Crippen molar-refractivity contribution in [1.29, 1.82) is 0 Å². The standard InChI is InChI=1S/C12H23F3N4/c13-12(14,15)11-19-9-7-18(8-10-19)6-5-17-3-1-16-2-4-17/h16H,1-11H2. The summed E-state index contributed by atoms with van der Waals surface area (Å²) in [6, 6.07) is 0. The van der Waals surface area contributed by atoms with Crippen LogP contribution in [-0.4, -0.2) is 92.9 Å². The van der Waals surface area contributed by atoms with Crippen LogP contribution < -0.4 is 5.32 Å². The quantitative estimate of drug-likeness (QED) is 0.787. The highest BCUT2D eigenvalue weighted by molar-refractivity contribution is 4.76. The SMILES string of the molecule is FC(F)(F)CN1CCN(CCN2CCNCC2)CC1.